The fourth-order valence-corrected chi connectivity index (χ4v) is 3.31. The fourth-order valence-electron chi connectivity index (χ4n) is 3.31. The molecule has 0 unspecified atom stereocenters. The first kappa shape index (κ1) is 13.9. The number of anilines is 1. The highest BCUT2D eigenvalue weighted by atomic mass is 16.5. The second-order valence-electron chi connectivity index (χ2n) is 5.62. The monoisotopic (exact) mass is 282 g/mol. The maximum Gasteiger partial charge on any atom is 0.101 e. The summed E-state index contributed by atoms with van der Waals surface area (Å²) in [5, 5.41) is 18.7. The van der Waals surface area contributed by atoms with E-state index in [2.05, 4.69) is 29.0 Å². The second-order valence-corrected chi connectivity index (χ2v) is 5.62. The highest BCUT2D eigenvalue weighted by molar-refractivity contribution is 5.68. The predicted molar refractivity (Wildman–Crippen MR) is 78.9 cm³/mol. The maximum atomic E-state index is 9.33. The van der Waals surface area contributed by atoms with Gasteiger partial charge in [-0.15, -0.1) is 0 Å². The second kappa shape index (κ2) is 5.73. The molecule has 0 bridgehead atoms. The summed E-state index contributed by atoms with van der Waals surface area (Å²) < 4.78 is 5.85. The Morgan fingerprint density at radius 2 is 1.90 bits per heavy atom. The van der Waals surface area contributed by atoms with Crippen LogP contribution in [0.15, 0.2) is 18.2 Å². The van der Waals surface area contributed by atoms with Crippen molar-refractivity contribution >= 4 is 5.69 Å². The molecule has 0 saturated carbocycles. The summed E-state index contributed by atoms with van der Waals surface area (Å²) in [7, 11) is 2.12. The molecule has 1 aromatic carbocycles. The zero-order valence-corrected chi connectivity index (χ0v) is 12.1. The smallest absolute Gasteiger partial charge is 0.101 e. The molecule has 0 N–H and O–H groups in total. The Morgan fingerprint density at radius 3 is 2.57 bits per heavy atom. The molecule has 2 aliphatic rings. The zero-order valence-electron chi connectivity index (χ0n) is 12.1. The van der Waals surface area contributed by atoms with Gasteiger partial charge in [-0.05, 0) is 25.6 Å². The molecule has 21 heavy (non-hydrogen) atoms. The third-order valence-electron chi connectivity index (χ3n) is 4.46. The quantitative estimate of drug-likeness (QED) is 0.778. The predicted octanol–water partition coefficient (Wildman–Crippen LogP) is 1.34. The van der Waals surface area contributed by atoms with Gasteiger partial charge < -0.3 is 9.64 Å². The van der Waals surface area contributed by atoms with Crippen LogP contribution in [-0.2, 0) is 4.74 Å². The molecule has 1 aromatic rings. The van der Waals surface area contributed by atoms with Crippen molar-refractivity contribution in [3.63, 3.8) is 0 Å². The van der Waals surface area contributed by atoms with Crippen LogP contribution in [0.4, 0.5) is 5.69 Å². The lowest BCUT2D eigenvalue weighted by atomic mass is 9.97. The standard InChI is InChI=1S/C16H18N4O/c1-19-7-8-21-15-5-6-20(11-14(15)19)16-12(9-17)3-2-4-13(16)10-18/h2-4,14-15H,5-8,11H2,1H3/t14-,15+/m0/s1. The largest absolute Gasteiger partial charge is 0.375 e. The van der Waals surface area contributed by atoms with E-state index in [0.717, 1.165) is 38.3 Å². The summed E-state index contributed by atoms with van der Waals surface area (Å²) in [5.41, 5.74) is 1.93. The van der Waals surface area contributed by atoms with Gasteiger partial charge >= 0.3 is 0 Å². The highest BCUT2D eigenvalue weighted by Crippen LogP contribution is 2.30. The van der Waals surface area contributed by atoms with E-state index in [4.69, 9.17) is 4.74 Å². The van der Waals surface area contributed by atoms with Crippen molar-refractivity contribution in [1.82, 2.24) is 4.90 Å². The number of para-hydroxylation sites is 1. The van der Waals surface area contributed by atoms with Gasteiger partial charge in [0.1, 0.15) is 12.1 Å². The van der Waals surface area contributed by atoms with E-state index in [9.17, 15) is 10.5 Å². The van der Waals surface area contributed by atoms with Crippen LogP contribution in [-0.4, -0.2) is 50.3 Å². The summed E-state index contributed by atoms with van der Waals surface area (Å²) in [6.07, 6.45) is 1.19. The van der Waals surface area contributed by atoms with Gasteiger partial charge in [0.25, 0.3) is 0 Å². The van der Waals surface area contributed by atoms with Crippen molar-refractivity contribution in [2.45, 2.75) is 18.6 Å². The Labute approximate surface area is 124 Å². The molecule has 2 atom stereocenters. The Balaban J connectivity index is 1.92. The van der Waals surface area contributed by atoms with Crippen LogP contribution in [0.1, 0.15) is 17.5 Å². The molecule has 108 valence electrons. The molecule has 5 nitrogen and oxygen atoms in total. The molecule has 0 spiro atoms. The SMILES string of the molecule is CN1CCO[C@@H]2CCN(c3c(C#N)cccc3C#N)C[C@@H]21. The summed E-state index contributed by atoms with van der Waals surface area (Å²) in [6, 6.07) is 10.1. The molecule has 2 fully saturated rings. The molecule has 3 rings (SSSR count). The number of rotatable bonds is 1. The third kappa shape index (κ3) is 2.47. The molecule has 5 heteroatoms. The summed E-state index contributed by atoms with van der Waals surface area (Å²) in [4.78, 5) is 4.49. The Morgan fingerprint density at radius 1 is 1.19 bits per heavy atom. The summed E-state index contributed by atoms with van der Waals surface area (Å²) >= 11 is 0. The highest BCUT2D eigenvalue weighted by Gasteiger charge is 2.36. The van der Waals surface area contributed by atoms with E-state index in [1.54, 1.807) is 18.2 Å². The molecular formula is C16H18N4O. The molecule has 2 heterocycles. The number of nitrogens with zero attached hydrogens (tertiary/aromatic N) is 4. The molecule has 0 amide bonds. The van der Waals surface area contributed by atoms with Gasteiger partial charge in [-0.2, -0.15) is 10.5 Å². The number of fused-ring (bicyclic) bond motifs is 1. The first-order valence-corrected chi connectivity index (χ1v) is 7.24. The number of hydrogen-bond acceptors (Lipinski definition) is 5. The molecule has 0 aliphatic carbocycles. The van der Waals surface area contributed by atoms with E-state index in [1.807, 2.05) is 0 Å². The van der Waals surface area contributed by atoms with Crippen molar-refractivity contribution in [2.24, 2.45) is 0 Å². The van der Waals surface area contributed by atoms with Crippen LogP contribution in [0.5, 0.6) is 0 Å². The molecule has 2 aliphatic heterocycles. The third-order valence-corrected chi connectivity index (χ3v) is 4.46. The maximum absolute atomic E-state index is 9.33. The lowest BCUT2D eigenvalue weighted by Gasteiger charge is -2.46. The van der Waals surface area contributed by atoms with Crippen molar-refractivity contribution in [3.8, 4) is 12.1 Å². The first-order chi connectivity index (χ1) is 10.2. The van der Waals surface area contributed by atoms with E-state index in [1.165, 1.54) is 0 Å². The van der Waals surface area contributed by atoms with Crippen molar-refractivity contribution in [1.29, 1.82) is 10.5 Å². The van der Waals surface area contributed by atoms with Crippen molar-refractivity contribution < 1.29 is 4.74 Å². The van der Waals surface area contributed by atoms with Crippen LogP contribution in [0.3, 0.4) is 0 Å². The topological polar surface area (TPSA) is 63.3 Å². The Kier molecular flexibility index (Phi) is 3.79. The average Bonchev–Trinajstić information content (AvgIpc) is 2.54. The fraction of sp³-hybridized carbons (Fsp3) is 0.500. The average molecular weight is 282 g/mol. The van der Waals surface area contributed by atoms with E-state index in [0.29, 0.717) is 17.2 Å². The van der Waals surface area contributed by atoms with Gasteiger partial charge in [-0.1, -0.05) is 6.07 Å². The minimum atomic E-state index is 0.264. The number of benzene rings is 1. The van der Waals surface area contributed by atoms with Crippen LogP contribution >= 0.6 is 0 Å². The number of nitriles is 2. The molecular weight excluding hydrogens is 264 g/mol. The van der Waals surface area contributed by atoms with Crippen LogP contribution in [0.25, 0.3) is 0 Å². The molecule has 2 saturated heterocycles. The number of ether oxygens (including phenoxy) is 1. The van der Waals surface area contributed by atoms with Crippen LogP contribution in [0.2, 0.25) is 0 Å². The van der Waals surface area contributed by atoms with Crippen molar-refractivity contribution in [3.05, 3.63) is 29.3 Å². The van der Waals surface area contributed by atoms with Gasteiger partial charge in [0, 0.05) is 19.6 Å². The lowest BCUT2D eigenvalue weighted by Crippen LogP contribution is -2.59. The van der Waals surface area contributed by atoms with Crippen molar-refractivity contribution in [2.75, 3.05) is 38.2 Å². The molecule has 0 radical (unpaired) electrons. The minimum absolute atomic E-state index is 0.264. The summed E-state index contributed by atoms with van der Waals surface area (Å²) in [6.45, 7) is 3.34. The Hall–Kier alpha value is -2.08. The van der Waals surface area contributed by atoms with Gasteiger partial charge in [-0.25, -0.2) is 0 Å². The number of piperidine rings is 1. The zero-order chi connectivity index (χ0) is 14.8. The van der Waals surface area contributed by atoms with Gasteiger partial charge in [0.2, 0.25) is 0 Å². The lowest BCUT2D eigenvalue weighted by molar-refractivity contribution is -0.0687. The number of hydrogen-bond donors (Lipinski definition) is 0. The minimum Gasteiger partial charge on any atom is -0.375 e. The van der Waals surface area contributed by atoms with E-state index in [-0.39, 0.29) is 6.10 Å². The number of morpholine rings is 1. The van der Waals surface area contributed by atoms with Gasteiger partial charge in [0.15, 0.2) is 0 Å². The van der Waals surface area contributed by atoms with Crippen LogP contribution < -0.4 is 4.90 Å². The van der Waals surface area contributed by atoms with Gasteiger partial charge in [-0.3, -0.25) is 4.90 Å². The summed E-state index contributed by atoms with van der Waals surface area (Å²) in [5.74, 6) is 0. The first-order valence-electron chi connectivity index (χ1n) is 7.24. The van der Waals surface area contributed by atoms with E-state index >= 15 is 0 Å². The van der Waals surface area contributed by atoms with Crippen LogP contribution in [0, 0.1) is 22.7 Å². The van der Waals surface area contributed by atoms with E-state index < -0.39 is 0 Å². The van der Waals surface area contributed by atoms with Gasteiger partial charge in [0.05, 0.1) is 35.6 Å². The normalized spacial score (nSPS) is 25.8. The molecule has 0 aromatic heterocycles. The number of likely N-dealkylation sites (N-methyl/N-ethyl adjacent to an activating group) is 1. The Bertz CT molecular complexity index is 583.